The minimum Gasteiger partial charge on any atom is -0.469 e. The Balaban J connectivity index is 1.91. The number of hydrogen-bond acceptors (Lipinski definition) is 7. The number of allylic oxidation sites excluding steroid dienone is 2. The fourth-order valence-corrected chi connectivity index (χ4v) is 6.03. The van der Waals surface area contributed by atoms with Gasteiger partial charge in [-0.3, -0.25) is 9.59 Å². The van der Waals surface area contributed by atoms with Crippen molar-refractivity contribution >= 4 is 17.7 Å². The zero-order chi connectivity index (χ0) is 20.5. The molecule has 0 aromatic carbocycles. The maximum absolute atomic E-state index is 13.7. The van der Waals surface area contributed by atoms with E-state index in [-0.39, 0.29) is 24.5 Å². The predicted octanol–water partition coefficient (Wildman–Crippen LogP) is 0.786. The number of carbonyl (C=O) groups is 3. The molecule has 1 aliphatic heterocycles. The molecule has 3 fully saturated rings. The number of hydrogen-bond donors (Lipinski definition) is 2. The lowest BCUT2D eigenvalue weighted by atomic mass is 9.60. The summed E-state index contributed by atoms with van der Waals surface area (Å²) in [6.45, 7) is 7.38. The monoisotopic (exact) mass is 390 g/mol. The number of aliphatic hydroxyl groups excluding tert-OH is 1. The van der Waals surface area contributed by atoms with Gasteiger partial charge in [0.25, 0.3) is 0 Å². The molecular weight excluding hydrogens is 364 g/mol. The molecule has 2 N–H and O–H groups in total. The molecule has 7 heteroatoms. The van der Waals surface area contributed by atoms with Gasteiger partial charge >= 0.3 is 11.9 Å². The standard InChI is InChI=1S/C21H26O7/c1-8(2)9-6-12(22)16(20(25)27-4)15-10(9)5-11-14-13(28-19(11)24)7-21(3,26)17(14)18(15)23/h5,9-10,12-17,22,26H,1,6-7H2,2-4H3. The van der Waals surface area contributed by atoms with Gasteiger partial charge in [0.15, 0.2) is 0 Å². The average molecular weight is 390 g/mol. The Kier molecular flexibility index (Phi) is 4.32. The minimum atomic E-state index is -1.36. The fourth-order valence-electron chi connectivity index (χ4n) is 6.03. The summed E-state index contributed by atoms with van der Waals surface area (Å²) in [6, 6.07) is 0. The highest BCUT2D eigenvalue weighted by Gasteiger charge is 2.65. The molecule has 4 aliphatic rings. The van der Waals surface area contributed by atoms with E-state index in [1.807, 2.05) is 6.92 Å². The first kappa shape index (κ1) is 19.3. The number of aliphatic hydroxyl groups is 2. The van der Waals surface area contributed by atoms with Gasteiger partial charge in [-0.2, -0.15) is 0 Å². The number of fused-ring (bicyclic) bond motifs is 1. The molecule has 1 saturated heterocycles. The van der Waals surface area contributed by atoms with Crippen molar-refractivity contribution in [3.63, 3.8) is 0 Å². The molecule has 0 amide bonds. The summed E-state index contributed by atoms with van der Waals surface area (Å²) in [5.74, 6) is -5.52. The number of Topliss-reactive ketones (excluding diaryl/α,β-unsaturated/α-hetero) is 1. The van der Waals surface area contributed by atoms with Crippen molar-refractivity contribution in [3.05, 3.63) is 23.8 Å². The number of carbonyl (C=O) groups excluding carboxylic acids is 3. The van der Waals surface area contributed by atoms with Crippen LogP contribution in [0.25, 0.3) is 0 Å². The lowest BCUT2D eigenvalue weighted by Gasteiger charge is -2.44. The first-order chi connectivity index (χ1) is 13.1. The van der Waals surface area contributed by atoms with Crippen LogP contribution in [0, 0.1) is 35.5 Å². The number of esters is 2. The van der Waals surface area contributed by atoms with Gasteiger partial charge in [0.2, 0.25) is 0 Å². The fraction of sp³-hybridized carbons (Fsp3) is 0.667. The topological polar surface area (TPSA) is 110 Å². The predicted molar refractivity (Wildman–Crippen MR) is 96.6 cm³/mol. The van der Waals surface area contributed by atoms with E-state index < -0.39 is 59.3 Å². The second-order valence-corrected chi connectivity index (χ2v) is 8.94. The Morgan fingerprint density at radius 2 is 2.04 bits per heavy atom. The van der Waals surface area contributed by atoms with Gasteiger partial charge in [-0.15, -0.1) is 0 Å². The van der Waals surface area contributed by atoms with Crippen molar-refractivity contribution in [2.45, 2.75) is 44.5 Å². The Morgan fingerprint density at radius 1 is 1.36 bits per heavy atom. The third kappa shape index (κ3) is 2.52. The van der Waals surface area contributed by atoms with Crippen LogP contribution < -0.4 is 0 Å². The van der Waals surface area contributed by atoms with Gasteiger partial charge in [-0.25, -0.2) is 4.79 Å². The second-order valence-electron chi connectivity index (χ2n) is 8.94. The van der Waals surface area contributed by atoms with Gasteiger partial charge in [0.05, 0.1) is 30.7 Å². The molecule has 0 aromatic heterocycles. The van der Waals surface area contributed by atoms with Gasteiger partial charge in [0.1, 0.15) is 11.9 Å². The summed E-state index contributed by atoms with van der Waals surface area (Å²) in [4.78, 5) is 38.8. The van der Waals surface area contributed by atoms with Crippen LogP contribution in [-0.4, -0.2) is 52.9 Å². The van der Waals surface area contributed by atoms with Gasteiger partial charge < -0.3 is 19.7 Å². The largest absolute Gasteiger partial charge is 0.469 e. The van der Waals surface area contributed by atoms with Crippen LogP contribution in [-0.2, 0) is 23.9 Å². The molecule has 1 heterocycles. The lowest BCUT2D eigenvalue weighted by Crippen LogP contribution is -2.52. The van der Waals surface area contributed by atoms with Crippen LogP contribution in [0.3, 0.4) is 0 Å². The highest BCUT2D eigenvalue weighted by Crippen LogP contribution is 2.56. The number of methoxy groups -OCH3 is 1. The van der Waals surface area contributed by atoms with Crippen LogP contribution in [0.5, 0.6) is 0 Å². The Labute approximate surface area is 163 Å². The van der Waals surface area contributed by atoms with Crippen molar-refractivity contribution in [1.82, 2.24) is 0 Å². The van der Waals surface area contributed by atoms with E-state index in [0.29, 0.717) is 5.57 Å². The molecule has 4 rings (SSSR count). The molecule has 3 aliphatic carbocycles. The molecule has 0 aromatic rings. The van der Waals surface area contributed by atoms with E-state index >= 15 is 0 Å². The number of ether oxygens (including phenoxy) is 2. The van der Waals surface area contributed by atoms with Crippen LogP contribution >= 0.6 is 0 Å². The molecule has 0 spiro atoms. The van der Waals surface area contributed by atoms with Crippen molar-refractivity contribution in [2.75, 3.05) is 7.11 Å². The minimum absolute atomic E-state index is 0.171. The van der Waals surface area contributed by atoms with E-state index in [1.165, 1.54) is 7.11 Å². The Bertz CT molecular complexity index is 795. The normalized spacial score (nSPS) is 46.8. The molecule has 28 heavy (non-hydrogen) atoms. The smallest absolute Gasteiger partial charge is 0.334 e. The van der Waals surface area contributed by atoms with Gasteiger partial charge in [-0.05, 0) is 32.1 Å². The molecule has 9 atom stereocenters. The molecular formula is C21H26O7. The third-order valence-electron chi connectivity index (χ3n) is 7.19. The van der Waals surface area contributed by atoms with Crippen LogP contribution in [0.15, 0.2) is 23.8 Å². The highest BCUT2D eigenvalue weighted by molar-refractivity contribution is 5.98. The van der Waals surface area contributed by atoms with E-state index in [9.17, 15) is 24.6 Å². The maximum Gasteiger partial charge on any atom is 0.334 e. The molecule has 0 radical (unpaired) electrons. The van der Waals surface area contributed by atoms with Crippen molar-refractivity contribution in [1.29, 1.82) is 0 Å². The van der Waals surface area contributed by atoms with E-state index in [4.69, 9.17) is 9.47 Å². The summed E-state index contributed by atoms with van der Waals surface area (Å²) in [5, 5.41) is 21.7. The molecule has 9 unspecified atom stereocenters. The second kappa shape index (κ2) is 6.26. The van der Waals surface area contributed by atoms with Crippen LogP contribution in [0.4, 0.5) is 0 Å². The van der Waals surface area contributed by atoms with Crippen molar-refractivity contribution < 1.29 is 34.1 Å². The van der Waals surface area contributed by atoms with E-state index in [2.05, 4.69) is 6.58 Å². The highest BCUT2D eigenvalue weighted by atomic mass is 16.6. The third-order valence-corrected chi connectivity index (χ3v) is 7.19. The zero-order valence-corrected chi connectivity index (χ0v) is 16.3. The van der Waals surface area contributed by atoms with Gasteiger partial charge in [-0.1, -0.05) is 18.2 Å². The maximum atomic E-state index is 13.7. The number of ketones is 1. The van der Waals surface area contributed by atoms with Crippen molar-refractivity contribution in [3.8, 4) is 0 Å². The Morgan fingerprint density at radius 3 is 2.64 bits per heavy atom. The number of rotatable bonds is 2. The van der Waals surface area contributed by atoms with E-state index in [1.54, 1.807) is 13.0 Å². The summed E-state index contributed by atoms with van der Waals surface area (Å²) in [7, 11) is 1.22. The summed E-state index contributed by atoms with van der Waals surface area (Å²) < 4.78 is 10.3. The first-order valence-electron chi connectivity index (χ1n) is 9.68. The summed E-state index contributed by atoms with van der Waals surface area (Å²) in [6.07, 6.45) is 0.553. The van der Waals surface area contributed by atoms with Crippen molar-refractivity contribution in [2.24, 2.45) is 35.5 Å². The van der Waals surface area contributed by atoms with Gasteiger partial charge in [0, 0.05) is 23.8 Å². The first-order valence-corrected chi connectivity index (χ1v) is 9.68. The zero-order valence-electron chi connectivity index (χ0n) is 16.3. The molecule has 152 valence electrons. The van der Waals surface area contributed by atoms with Crippen LogP contribution in [0.1, 0.15) is 26.7 Å². The van der Waals surface area contributed by atoms with Crippen LogP contribution in [0.2, 0.25) is 0 Å². The molecule has 2 saturated carbocycles. The average Bonchev–Trinajstić information content (AvgIpc) is 2.96. The molecule has 7 nitrogen and oxygen atoms in total. The Hall–Kier alpha value is -1.99. The quantitative estimate of drug-likeness (QED) is 0.530. The SMILES string of the molecule is C=C(C)C1CC(O)C(C(=O)OC)C2C(=O)C3C4C(=CC12)C(=O)OC4CC3(C)O. The lowest BCUT2D eigenvalue weighted by molar-refractivity contribution is -0.164. The van der Waals surface area contributed by atoms with E-state index in [0.717, 1.165) is 5.57 Å². The molecule has 0 bridgehead atoms. The summed E-state index contributed by atoms with van der Waals surface area (Å²) >= 11 is 0. The summed E-state index contributed by atoms with van der Waals surface area (Å²) in [5.41, 5.74) is -0.188.